The molecular formula is C25H20Cl2NNaO5. The number of aliphatic carboxylic acids is 1. The van der Waals surface area contributed by atoms with Gasteiger partial charge in [-0.05, 0) is 60.9 Å². The molecule has 1 unspecified atom stereocenters. The quantitative estimate of drug-likeness (QED) is 0.488. The second kappa shape index (κ2) is 12.0. The zero-order valence-corrected chi connectivity index (χ0v) is 22.0. The molecule has 3 aromatic rings. The molecule has 0 radical (unpaired) electrons. The van der Waals surface area contributed by atoms with Gasteiger partial charge < -0.3 is 24.7 Å². The molecule has 0 saturated heterocycles. The molecular weight excluding hydrogens is 488 g/mol. The first kappa shape index (κ1) is 26.4. The average Bonchev–Trinajstić information content (AvgIpc) is 2.79. The number of amides is 1. The first-order valence-corrected chi connectivity index (χ1v) is 11.1. The van der Waals surface area contributed by atoms with Crippen molar-refractivity contribution in [3.63, 3.8) is 0 Å². The summed E-state index contributed by atoms with van der Waals surface area (Å²) in [6.07, 6.45) is 1.000. The summed E-state index contributed by atoms with van der Waals surface area (Å²) in [5.41, 5.74) is 2.01. The van der Waals surface area contributed by atoms with E-state index < -0.39 is 11.9 Å². The molecule has 1 aliphatic rings. The summed E-state index contributed by atoms with van der Waals surface area (Å²) < 4.78 is 11.4. The number of hydrogen-bond donors (Lipinski definition) is 1. The van der Waals surface area contributed by atoms with Crippen LogP contribution in [0.4, 0.5) is 0 Å². The molecule has 0 bridgehead atoms. The normalized spacial score (nSPS) is 14.2. The van der Waals surface area contributed by atoms with Gasteiger partial charge in [0.05, 0.1) is 11.6 Å². The molecule has 4 rings (SSSR count). The van der Waals surface area contributed by atoms with Gasteiger partial charge in [-0.2, -0.15) is 0 Å². The molecule has 1 aliphatic heterocycles. The number of halogens is 2. The van der Waals surface area contributed by atoms with E-state index in [1.807, 2.05) is 24.3 Å². The minimum absolute atomic E-state index is 0. The number of carbonyl (C=O) groups excluding carboxylic acids is 2. The minimum Gasteiger partial charge on any atom is -0.549 e. The molecule has 0 fully saturated rings. The molecule has 0 spiro atoms. The SMILES string of the molecule is O=C(NCCc1cccc(Cl)c1)c1ccc(Oc2cc3c(cc2Cl)C(C(=O)[O-])CCO3)cc1.[Na+]. The van der Waals surface area contributed by atoms with Crippen molar-refractivity contribution >= 4 is 35.1 Å². The van der Waals surface area contributed by atoms with E-state index in [0.717, 1.165) is 5.56 Å². The van der Waals surface area contributed by atoms with E-state index in [9.17, 15) is 14.7 Å². The van der Waals surface area contributed by atoms with Gasteiger partial charge in [-0.25, -0.2) is 0 Å². The number of hydrogen-bond acceptors (Lipinski definition) is 5. The second-order valence-corrected chi connectivity index (χ2v) is 8.44. The van der Waals surface area contributed by atoms with Crippen molar-refractivity contribution in [1.29, 1.82) is 0 Å². The number of fused-ring (bicyclic) bond motifs is 1. The molecule has 0 aliphatic carbocycles. The maximum absolute atomic E-state index is 12.4. The third-order valence-electron chi connectivity index (χ3n) is 5.32. The summed E-state index contributed by atoms with van der Waals surface area (Å²) in [5, 5.41) is 15.2. The summed E-state index contributed by atoms with van der Waals surface area (Å²) in [4.78, 5) is 23.8. The van der Waals surface area contributed by atoms with Crippen LogP contribution >= 0.6 is 23.2 Å². The molecule has 6 nitrogen and oxygen atoms in total. The van der Waals surface area contributed by atoms with Crippen molar-refractivity contribution < 1.29 is 53.7 Å². The molecule has 0 aromatic heterocycles. The van der Waals surface area contributed by atoms with Crippen molar-refractivity contribution in [3.05, 3.63) is 87.4 Å². The van der Waals surface area contributed by atoms with Gasteiger partial charge in [0.15, 0.2) is 0 Å². The number of nitrogens with one attached hydrogen (secondary N) is 1. The molecule has 9 heteroatoms. The fraction of sp³-hybridized carbons (Fsp3) is 0.200. The van der Waals surface area contributed by atoms with E-state index >= 15 is 0 Å². The van der Waals surface area contributed by atoms with Crippen LogP contribution in [-0.4, -0.2) is 25.0 Å². The van der Waals surface area contributed by atoms with Gasteiger partial charge in [-0.15, -0.1) is 0 Å². The number of carbonyl (C=O) groups is 2. The van der Waals surface area contributed by atoms with E-state index in [-0.39, 0.29) is 47.1 Å². The molecule has 3 aromatic carbocycles. The Morgan fingerprint density at radius 3 is 2.56 bits per heavy atom. The number of carboxylic acid groups (broad SMARTS) is 1. The van der Waals surface area contributed by atoms with E-state index in [1.54, 1.807) is 30.3 Å². The second-order valence-electron chi connectivity index (χ2n) is 7.59. The van der Waals surface area contributed by atoms with Crippen molar-refractivity contribution in [2.45, 2.75) is 18.8 Å². The summed E-state index contributed by atoms with van der Waals surface area (Å²) in [7, 11) is 0. The Balaban J connectivity index is 0.00000324. The Morgan fingerprint density at radius 2 is 1.85 bits per heavy atom. The van der Waals surface area contributed by atoms with Gasteiger partial charge in [0, 0.05) is 40.6 Å². The van der Waals surface area contributed by atoms with Crippen molar-refractivity contribution in [1.82, 2.24) is 5.32 Å². The van der Waals surface area contributed by atoms with Crippen molar-refractivity contribution in [2.75, 3.05) is 13.2 Å². The maximum atomic E-state index is 12.4. The van der Waals surface area contributed by atoms with Gasteiger partial charge in [-0.3, -0.25) is 4.79 Å². The van der Waals surface area contributed by atoms with E-state index in [2.05, 4.69) is 5.32 Å². The maximum Gasteiger partial charge on any atom is 1.00 e. The summed E-state index contributed by atoms with van der Waals surface area (Å²) in [5.74, 6) is -0.918. The predicted molar refractivity (Wildman–Crippen MR) is 123 cm³/mol. The Kier molecular flexibility index (Phi) is 9.28. The number of benzene rings is 3. The zero-order chi connectivity index (χ0) is 23.4. The summed E-state index contributed by atoms with van der Waals surface area (Å²) in [6, 6.07) is 17.2. The average molecular weight is 508 g/mol. The third-order valence-corrected chi connectivity index (χ3v) is 5.85. The topological polar surface area (TPSA) is 87.7 Å². The number of rotatable bonds is 7. The van der Waals surface area contributed by atoms with Crippen LogP contribution < -0.4 is 49.5 Å². The predicted octanol–water partition coefficient (Wildman–Crippen LogP) is 1.38. The van der Waals surface area contributed by atoms with Crippen LogP contribution in [0, 0.1) is 0 Å². The van der Waals surface area contributed by atoms with Crippen molar-refractivity contribution in [2.24, 2.45) is 0 Å². The standard InChI is InChI=1S/C25H21Cl2NO5.Na/c26-17-3-1-2-15(12-17)8-10-28-24(29)16-4-6-18(7-5-16)33-23-14-22-20(13-21(23)27)19(25(30)31)9-11-32-22;/h1-7,12-14,19H,8-11H2,(H,28,29)(H,30,31);/q;+1/p-1. The molecule has 170 valence electrons. The molecule has 1 N–H and O–H groups in total. The number of carboxylic acids is 1. The Labute approximate surface area is 229 Å². The largest absolute Gasteiger partial charge is 1.00 e. The monoisotopic (exact) mass is 507 g/mol. The first-order chi connectivity index (χ1) is 15.9. The van der Waals surface area contributed by atoms with Gasteiger partial charge in [0.25, 0.3) is 5.91 Å². The smallest absolute Gasteiger partial charge is 0.549 e. The molecule has 1 heterocycles. The van der Waals surface area contributed by atoms with Crippen LogP contribution in [0.15, 0.2) is 60.7 Å². The van der Waals surface area contributed by atoms with Gasteiger partial charge in [-0.1, -0.05) is 35.3 Å². The minimum atomic E-state index is -1.16. The fourth-order valence-corrected chi connectivity index (χ4v) is 4.05. The van der Waals surface area contributed by atoms with Crippen LogP contribution in [0.25, 0.3) is 0 Å². The Hall–Kier alpha value is -2.22. The molecule has 1 amide bonds. The van der Waals surface area contributed by atoms with Crippen molar-refractivity contribution in [3.8, 4) is 17.2 Å². The number of ether oxygens (including phenoxy) is 2. The van der Waals surface area contributed by atoms with E-state index in [1.165, 1.54) is 6.07 Å². The molecule has 34 heavy (non-hydrogen) atoms. The first-order valence-electron chi connectivity index (χ1n) is 10.4. The zero-order valence-electron chi connectivity index (χ0n) is 18.5. The summed E-state index contributed by atoms with van der Waals surface area (Å²) >= 11 is 12.3. The van der Waals surface area contributed by atoms with Crippen LogP contribution in [0.1, 0.15) is 33.8 Å². The van der Waals surface area contributed by atoms with Crippen LogP contribution in [0.3, 0.4) is 0 Å². The third kappa shape index (κ3) is 6.46. The molecule has 1 atom stereocenters. The molecule has 0 saturated carbocycles. The fourth-order valence-electron chi connectivity index (χ4n) is 3.63. The van der Waals surface area contributed by atoms with Crippen LogP contribution in [-0.2, 0) is 11.2 Å². The van der Waals surface area contributed by atoms with Gasteiger partial charge >= 0.3 is 29.6 Å². The van der Waals surface area contributed by atoms with E-state index in [0.29, 0.717) is 52.8 Å². The van der Waals surface area contributed by atoms with E-state index in [4.69, 9.17) is 32.7 Å². The van der Waals surface area contributed by atoms with Crippen LogP contribution in [0.2, 0.25) is 10.0 Å². The summed E-state index contributed by atoms with van der Waals surface area (Å²) in [6.45, 7) is 0.753. The van der Waals surface area contributed by atoms with Gasteiger partial charge in [0.2, 0.25) is 0 Å². The van der Waals surface area contributed by atoms with Crippen LogP contribution in [0.5, 0.6) is 17.2 Å². The Bertz CT molecular complexity index is 1190. The Morgan fingerprint density at radius 1 is 1.09 bits per heavy atom. The van der Waals surface area contributed by atoms with Gasteiger partial charge in [0.1, 0.15) is 17.2 Å².